The molecule has 28 heavy (non-hydrogen) atoms. The Hall–Kier alpha value is -3.16. The van der Waals surface area contributed by atoms with Crippen molar-refractivity contribution < 1.29 is 4.52 Å². The van der Waals surface area contributed by atoms with Crippen molar-refractivity contribution in [3.63, 3.8) is 0 Å². The molecule has 142 valence electrons. The lowest BCUT2D eigenvalue weighted by molar-refractivity contribution is 0.377. The predicted molar refractivity (Wildman–Crippen MR) is 103 cm³/mol. The highest BCUT2D eigenvalue weighted by molar-refractivity contribution is 5.77. The van der Waals surface area contributed by atoms with Crippen LogP contribution < -0.4 is 0 Å². The number of nitrogens with zero attached hydrogens (tertiary/aromatic N) is 7. The van der Waals surface area contributed by atoms with E-state index in [0.717, 1.165) is 58.2 Å². The molecule has 2 atom stereocenters. The van der Waals surface area contributed by atoms with E-state index in [4.69, 9.17) is 14.5 Å². The lowest BCUT2D eigenvalue weighted by Gasteiger charge is -2.08. The molecule has 1 fully saturated rings. The highest BCUT2D eigenvalue weighted by atomic mass is 16.5. The van der Waals surface area contributed by atoms with Gasteiger partial charge < -0.3 is 9.09 Å². The molecule has 1 saturated carbocycles. The topological polar surface area (TPSA) is 95.4 Å². The molecule has 5 rings (SSSR count). The maximum absolute atomic E-state index is 5.45. The van der Waals surface area contributed by atoms with Crippen LogP contribution in [0.1, 0.15) is 43.3 Å². The van der Waals surface area contributed by atoms with Crippen LogP contribution >= 0.6 is 0 Å². The number of aromatic nitrogens is 7. The highest BCUT2D eigenvalue weighted by Gasteiger charge is 2.39. The van der Waals surface area contributed by atoms with E-state index in [1.165, 1.54) is 0 Å². The standard InChI is InChI=1S/C20H21N7O/c1-5-12-8-13(17-23-20(28-26-17)14-6-10(14)2)9-21-16(12)19-22-15-7-11(3)24-25-18(15)27(19)4/h7-10,14H,5-6H2,1-4H3. The van der Waals surface area contributed by atoms with Gasteiger partial charge in [0.15, 0.2) is 11.5 Å². The van der Waals surface area contributed by atoms with Gasteiger partial charge in [0.05, 0.1) is 5.69 Å². The molecule has 0 radical (unpaired) electrons. The lowest BCUT2D eigenvalue weighted by Crippen LogP contribution is -2.01. The summed E-state index contributed by atoms with van der Waals surface area (Å²) in [5.74, 6) is 3.13. The summed E-state index contributed by atoms with van der Waals surface area (Å²) < 4.78 is 7.39. The van der Waals surface area contributed by atoms with Gasteiger partial charge in [0.25, 0.3) is 0 Å². The Labute approximate surface area is 162 Å². The first-order valence-electron chi connectivity index (χ1n) is 9.55. The van der Waals surface area contributed by atoms with E-state index in [-0.39, 0.29) is 0 Å². The number of hydrogen-bond acceptors (Lipinski definition) is 7. The Morgan fingerprint density at radius 3 is 2.79 bits per heavy atom. The number of imidazole rings is 1. The second kappa shape index (κ2) is 6.19. The summed E-state index contributed by atoms with van der Waals surface area (Å²) in [7, 11) is 1.94. The molecule has 0 amide bonds. The molecular weight excluding hydrogens is 354 g/mol. The van der Waals surface area contributed by atoms with Gasteiger partial charge in [0, 0.05) is 24.7 Å². The molecular formula is C20H21N7O. The SMILES string of the molecule is CCc1cc(-c2noc(C3CC3C)n2)cnc1-c1nc2cc(C)nnc2n1C. The molecule has 0 spiro atoms. The molecule has 4 heterocycles. The van der Waals surface area contributed by atoms with Gasteiger partial charge in [0.2, 0.25) is 11.7 Å². The Bertz CT molecular complexity index is 1190. The average Bonchev–Trinajstić information content (AvgIpc) is 3.11. The van der Waals surface area contributed by atoms with Crippen LogP contribution in [0, 0.1) is 12.8 Å². The zero-order chi connectivity index (χ0) is 19.4. The van der Waals surface area contributed by atoms with Gasteiger partial charge >= 0.3 is 0 Å². The maximum atomic E-state index is 5.45. The van der Waals surface area contributed by atoms with Crippen LogP contribution in [0.2, 0.25) is 0 Å². The zero-order valence-corrected chi connectivity index (χ0v) is 16.3. The Balaban J connectivity index is 1.56. The first-order valence-corrected chi connectivity index (χ1v) is 9.55. The van der Waals surface area contributed by atoms with Gasteiger partial charge in [-0.3, -0.25) is 4.98 Å². The monoisotopic (exact) mass is 375 g/mol. The van der Waals surface area contributed by atoms with Gasteiger partial charge in [-0.25, -0.2) is 4.98 Å². The van der Waals surface area contributed by atoms with E-state index >= 15 is 0 Å². The van der Waals surface area contributed by atoms with Crippen molar-refractivity contribution >= 4 is 11.2 Å². The third-order valence-electron chi connectivity index (χ3n) is 5.42. The predicted octanol–water partition coefficient (Wildman–Crippen LogP) is 3.47. The molecule has 0 aromatic carbocycles. The van der Waals surface area contributed by atoms with Crippen LogP contribution in [-0.2, 0) is 13.5 Å². The lowest BCUT2D eigenvalue weighted by atomic mass is 10.1. The number of rotatable bonds is 4. The Morgan fingerprint density at radius 2 is 2.04 bits per heavy atom. The third kappa shape index (κ3) is 2.67. The molecule has 4 aromatic rings. The number of hydrogen-bond donors (Lipinski definition) is 0. The minimum Gasteiger partial charge on any atom is -0.339 e. The van der Waals surface area contributed by atoms with Gasteiger partial charge in [-0.15, -0.1) is 5.10 Å². The van der Waals surface area contributed by atoms with Crippen LogP contribution in [-0.4, -0.2) is 34.9 Å². The van der Waals surface area contributed by atoms with E-state index in [2.05, 4.69) is 40.3 Å². The summed E-state index contributed by atoms with van der Waals surface area (Å²) in [6, 6.07) is 4.01. The summed E-state index contributed by atoms with van der Waals surface area (Å²) in [6.45, 7) is 6.21. The summed E-state index contributed by atoms with van der Waals surface area (Å²) in [4.78, 5) is 14.0. The quantitative estimate of drug-likeness (QED) is 0.539. The van der Waals surface area contributed by atoms with Crippen molar-refractivity contribution in [2.75, 3.05) is 0 Å². The normalized spacial score (nSPS) is 18.7. The second-order valence-electron chi connectivity index (χ2n) is 7.55. The van der Waals surface area contributed by atoms with Gasteiger partial charge in [-0.2, -0.15) is 10.1 Å². The average molecular weight is 375 g/mol. The fourth-order valence-corrected chi connectivity index (χ4v) is 3.56. The van der Waals surface area contributed by atoms with E-state index in [1.807, 2.05) is 24.6 Å². The van der Waals surface area contributed by atoms with Crippen LogP contribution in [0.25, 0.3) is 34.1 Å². The fourth-order valence-electron chi connectivity index (χ4n) is 3.56. The molecule has 2 unspecified atom stereocenters. The summed E-state index contributed by atoms with van der Waals surface area (Å²) in [5, 5.41) is 12.6. The molecule has 8 heteroatoms. The van der Waals surface area contributed by atoms with Crippen molar-refractivity contribution in [2.45, 2.75) is 39.5 Å². The van der Waals surface area contributed by atoms with E-state index in [1.54, 1.807) is 6.20 Å². The molecule has 8 nitrogen and oxygen atoms in total. The van der Waals surface area contributed by atoms with Crippen molar-refractivity contribution in [1.29, 1.82) is 0 Å². The second-order valence-corrected chi connectivity index (χ2v) is 7.55. The Morgan fingerprint density at radius 1 is 1.21 bits per heavy atom. The summed E-state index contributed by atoms with van der Waals surface area (Å²) in [6.07, 6.45) is 3.72. The van der Waals surface area contributed by atoms with Crippen LogP contribution in [0.3, 0.4) is 0 Å². The molecule has 0 saturated heterocycles. The smallest absolute Gasteiger partial charge is 0.230 e. The minimum absolute atomic E-state index is 0.406. The number of pyridine rings is 1. The first-order chi connectivity index (χ1) is 13.5. The van der Waals surface area contributed by atoms with E-state index in [0.29, 0.717) is 17.7 Å². The molecule has 1 aliphatic carbocycles. The van der Waals surface area contributed by atoms with E-state index < -0.39 is 0 Å². The van der Waals surface area contributed by atoms with Crippen molar-refractivity contribution in [2.24, 2.45) is 13.0 Å². The van der Waals surface area contributed by atoms with Crippen molar-refractivity contribution in [1.82, 2.24) is 34.9 Å². The van der Waals surface area contributed by atoms with Gasteiger partial charge in [-0.05, 0) is 43.4 Å². The number of fused-ring (bicyclic) bond motifs is 1. The summed E-state index contributed by atoms with van der Waals surface area (Å²) in [5.41, 5.74) is 5.18. The Kier molecular flexibility index (Phi) is 3.75. The molecule has 4 aromatic heterocycles. The molecule has 0 N–H and O–H groups in total. The largest absolute Gasteiger partial charge is 0.339 e. The van der Waals surface area contributed by atoms with Crippen molar-refractivity contribution in [3.05, 3.63) is 35.5 Å². The fraction of sp³-hybridized carbons (Fsp3) is 0.400. The molecule has 0 aliphatic heterocycles. The maximum Gasteiger partial charge on any atom is 0.230 e. The van der Waals surface area contributed by atoms with Gasteiger partial charge in [-0.1, -0.05) is 19.0 Å². The molecule has 0 bridgehead atoms. The van der Waals surface area contributed by atoms with Crippen LogP contribution in [0.4, 0.5) is 0 Å². The first kappa shape index (κ1) is 17.0. The summed E-state index contributed by atoms with van der Waals surface area (Å²) >= 11 is 0. The van der Waals surface area contributed by atoms with Crippen LogP contribution in [0.5, 0.6) is 0 Å². The van der Waals surface area contributed by atoms with Crippen molar-refractivity contribution in [3.8, 4) is 22.9 Å². The van der Waals surface area contributed by atoms with Crippen LogP contribution in [0.15, 0.2) is 22.9 Å². The molecule has 1 aliphatic rings. The van der Waals surface area contributed by atoms with E-state index in [9.17, 15) is 0 Å². The number of aryl methyl sites for hydroxylation is 3. The highest BCUT2D eigenvalue weighted by Crippen LogP contribution is 2.46. The minimum atomic E-state index is 0.406. The van der Waals surface area contributed by atoms with Gasteiger partial charge in [0.1, 0.15) is 11.2 Å². The third-order valence-corrected chi connectivity index (χ3v) is 5.42. The zero-order valence-electron chi connectivity index (χ0n) is 16.3.